The SMILES string of the molecule is CNC(=O)c1ccc2n(c1=O)CCC1CN(Cc3ccnc(N)c3)CCN21. The van der Waals surface area contributed by atoms with E-state index in [-0.39, 0.29) is 17.0 Å². The number of anilines is 2. The summed E-state index contributed by atoms with van der Waals surface area (Å²) < 4.78 is 1.74. The molecule has 2 aliphatic heterocycles. The number of aromatic nitrogens is 2. The number of rotatable bonds is 3. The van der Waals surface area contributed by atoms with Crippen molar-refractivity contribution in [1.82, 2.24) is 19.8 Å². The van der Waals surface area contributed by atoms with Crippen LogP contribution in [-0.2, 0) is 13.1 Å². The summed E-state index contributed by atoms with van der Waals surface area (Å²) in [5.41, 5.74) is 6.94. The zero-order valence-corrected chi connectivity index (χ0v) is 15.4. The molecule has 3 N–H and O–H groups in total. The van der Waals surface area contributed by atoms with Gasteiger partial charge in [-0.25, -0.2) is 4.98 Å². The fraction of sp³-hybridized carbons (Fsp3) is 0.421. The highest BCUT2D eigenvalue weighted by molar-refractivity contribution is 5.93. The van der Waals surface area contributed by atoms with Crippen molar-refractivity contribution in [2.24, 2.45) is 0 Å². The summed E-state index contributed by atoms with van der Waals surface area (Å²) in [6.07, 6.45) is 2.63. The van der Waals surface area contributed by atoms with Gasteiger partial charge < -0.3 is 16.0 Å². The molecule has 0 bridgehead atoms. The lowest BCUT2D eigenvalue weighted by atomic mass is 10.0. The van der Waals surface area contributed by atoms with Crippen molar-refractivity contribution in [3.05, 3.63) is 51.9 Å². The molecule has 0 aromatic carbocycles. The average Bonchev–Trinajstić information content (AvgIpc) is 2.67. The van der Waals surface area contributed by atoms with E-state index < -0.39 is 0 Å². The second kappa shape index (κ2) is 7.03. The second-order valence-electron chi connectivity index (χ2n) is 7.10. The zero-order valence-electron chi connectivity index (χ0n) is 15.4. The molecule has 1 saturated heterocycles. The predicted octanol–water partition coefficient (Wildman–Crippen LogP) is 0.280. The van der Waals surface area contributed by atoms with Crippen molar-refractivity contribution in [1.29, 1.82) is 0 Å². The van der Waals surface area contributed by atoms with Gasteiger partial charge in [0.1, 0.15) is 17.2 Å². The number of fused-ring (bicyclic) bond motifs is 3. The van der Waals surface area contributed by atoms with Crippen LogP contribution in [0, 0.1) is 0 Å². The summed E-state index contributed by atoms with van der Waals surface area (Å²) in [7, 11) is 1.54. The third-order valence-electron chi connectivity index (χ3n) is 5.42. The number of carbonyl (C=O) groups is 1. The smallest absolute Gasteiger partial charge is 0.264 e. The van der Waals surface area contributed by atoms with Crippen molar-refractivity contribution >= 4 is 17.5 Å². The van der Waals surface area contributed by atoms with Crippen LogP contribution in [0.3, 0.4) is 0 Å². The van der Waals surface area contributed by atoms with E-state index in [0.717, 1.165) is 38.4 Å². The van der Waals surface area contributed by atoms with E-state index >= 15 is 0 Å². The number of hydrogen-bond acceptors (Lipinski definition) is 6. The van der Waals surface area contributed by atoms with E-state index in [9.17, 15) is 9.59 Å². The average molecular weight is 368 g/mol. The summed E-state index contributed by atoms with van der Waals surface area (Å²) in [6.45, 7) is 4.18. The Balaban J connectivity index is 1.52. The zero-order chi connectivity index (χ0) is 19.0. The van der Waals surface area contributed by atoms with Crippen LogP contribution >= 0.6 is 0 Å². The molecule has 1 fully saturated rings. The number of nitrogens with one attached hydrogen (secondary N) is 1. The Morgan fingerprint density at radius 3 is 2.93 bits per heavy atom. The van der Waals surface area contributed by atoms with Crippen LogP contribution in [0.5, 0.6) is 0 Å². The number of nitrogens with two attached hydrogens (primary N) is 1. The van der Waals surface area contributed by atoms with E-state index in [1.807, 2.05) is 18.2 Å². The highest BCUT2D eigenvalue weighted by Gasteiger charge is 2.32. The molecule has 8 nitrogen and oxygen atoms in total. The van der Waals surface area contributed by atoms with Crippen LogP contribution in [0.25, 0.3) is 0 Å². The number of piperazine rings is 1. The van der Waals surface area contributed by atoms with Gasteiger partial charge in [-0.05, 0) is 36.2 Å². The molecule has 27 heavy (non-hydrogen) atoms. The summed E-state index contributed by atoms with van der Waals surface area (Å²) >= 11 is 0. The van der Waals surface area contributed by atoms with Gasteiger partial charge in [-0.15, -0.1) is 0 Å². The minimum absolute atomic E-state index is 0.202. The second-order valence-corrected chi connectivity index (χ2v) is 7.10. The third-order valence-corrected chi connectivity index (χ3v) is 5.42. The molecule has 1 unspecified atom stereocenters. The quantitative estimate of drug-likeness (QED) is 0.808. The lowest BCUT2D eigenvalue weighted by molar-refractivity contribution is 0.0960. The van der Waals surface area contributed by atoms with Crippen molar-refractivity contribution in [2.75, 3.05) is 37.3 Å². The van der Waals surface area contributed by atoms with Crippen LogP contribution in [0.15, 0.2) is 35.3 Å². The highest BCUT2D eigenvalue weighted by atomic mass is 16.2. The van der Waals surface area contributed by atoms with Gasteiger partial charge in [0.2, 0.25) is 0 Å². The Kier molecular flexibility index (Phi) is 4.57. The Morgan fingerprint density at radius 1 is 1.30 bits per heavy atom. The van der Waals surface area contributed by atoms with Crippen LogP contribution in [0.1, 0.15) is 22.3 Å². The van der Waals surface area contributed by atoms with E-state index in [1.165, 1.54) is 12.6 Å². The number of nitrogen functional groups attached to an aromatic ring is 1. The van der Waals surface area contributed by atoms with Crippen molar-refractivity contribution in [3.63, 3.8) is 0 Å². The van der Waals surface area contributed by atoms with E-state index in [4.69, 9.17) is 5.73 Å². The van der Waals surface area contributed by atoms with Crippen LogP contribution < -0.4 is 21.5 Å². The first-order valence-electron chi connectivity index (χ1n) is 9.22. The normalized spacial score (nSPS) is 19.3. The summed E-state index contributed by atoms with van der Waals surface area (Å²) in [6, 6.07) is 7.82. The summed E-state index contributed by atoms with van der Waals surface area (Å²) in [4.78, 5) is 33.3. The Bertz CT molecular complexity index is 925. The topological polar surface area (TPSA) is 96.5 Å². The van der Waals surface area contributed by atoms with Gasteiger partial charge in [-0.3, -0.25) is 19.1 Å². The van der Waals surface area contributed by atoms with Gasteiger partial charge >= 0.3 is 0 Å². The Morgan fingerprint density at radius 2 is 2.15 bits per heavy atom. The Labute approximate surface area is 157 Å². The van der Waals surface area contributed by atoms with Crippen LogP contribution in [0.4, 0.5) is 11.6 Å². The maximum Gasteiger partial charge on any atom is 0.264 e. The minimum atomic E-state index is -0.334. The standard InChI is InChI=1S/C19H24N6O2/c1-21-18(26)15-2-3-17-24-9-8-23(11-13-4-6-22-16(20)10-13)12-14(24)5-7-25(17)19(15)27/h2-4,6,10,14H,5,7-9,11-12H2,1H3,(H2,20,22)(H,21,26). The van der Waals surface area contributed by atoms with Gasteiger partial charge in [0.15, 0.2) is 0 Å². The molecule has 0 radical (unpaired) electrons. The van der Waals surface area contributed by atoms with Gasteiger partial charge in [0.05, 0.1) is 0 Å². The molecule has 0 saturated carbocycles. The van der Waals surface area contributed by atoms with Gasteiger partial charge in [0.25, 0.3) is 11.5 Å². The highest BCUT2D eigenvalue weighted by Crippen LogP contribution is 2.27. The molecular weight excluding hydrogens is 344 g/mol. The molecule has 1 amide bonds. The minimum Gasteiger partial charge on any atom is -0.384 e. The van der Waals surface area contributed by atoms with E-state index in [0.29, 0.717) is 18.4 Å². The number of hydrogen-bond donors (Lipinski definition) is 2. The lowest BCUT2D eigenvalue weighted by Crippen LogP contribution is -2.56. The fourth-order valence-electron chi connectivity index (χ4n) is 4.08. The third kappa shape index (κ3) is 3.28. The molecule has 2 aromatic rings. The molecule has 142 valence electrons. The van der Waals surface area contributed by atoms with Crippen molar-refractivity contribution < 1.29 is 4.79 Å². The van der Waals surface area contributed by atoms with Crippen LogP contribution in [0.2, 0.25) is 0 Å². The maximum atomic E-state index is 12.7. The number of amides is 1. The summed E-state index contributed by atoms with van der Waals surface area (Å²) in [5, 5.41) is 2.53. The molecule has 0 aliphatic carbocycles. The first-order chi connectivity index (χ1) is 13.1. The molecule has 0 spiro atoms. The number of pyridine rings is 2. The Hall–Kier alpha value is -2.87. The van der Waals surface area contributed by atoms with Crippen LogP contribution in [-0.4, -0.2) is 53.1 Å². The molecule has 4 rings (SSSR count). The van der Waals surface area contributed by atoms with E-state index in [2.05, 4.69) is 20.1 Å². The van der Waals surface area contributed by atoms with Gasteiger partial charge in [-0.1, -0.05) is 0 Å². The first kappa shape index (κ1) is 17.5. The predicted molar refractivity (Wildman–Crippen MR) is 104 cm³/mol. The molecule has 8 heteroatoms. The maximum absolute atomic E-state index is 12.7. The largest absolute Gasteiger partial charge is 0.384 e. The monoisotopic (exact) mass is 368 g/mol. The fourth-order valence-corrected chi connectivity index (χ4v) is 4.08. The molecule has 4 heterocycles. The van der Waals surface area contributed by atoms with Gasteiger partial charge in [-0.2, -0.15) is 0 Å². The molecule has 1 atom stereocenters. The number of carbonyl (C=O) groups excluding carboxylic acids is 1. The van der Waals surface area contributed by atoms with E-state index in [1.54, 1.807) is 16.8 Å². The van der Waals surface area contributed by atoms with Crippen molar-refractivity contribution in [2.45, 2.75) is 25.6 Å². The first-order valence-corrected chi connectivity index (χ1v) is 9.22. The summed E-state index contributed by atoms with van der Waals surface area (Å²) in [5.74, 6) is 1.12. The van der Waals surface area contributed by atoms with Crippen molar-refractivity contribution in [3.8, 4) is 0 Å². The molecular formula is C19H24N6O2. The lowest BCUT2D eigenvalue weighted by Gasteiger charge is -2.46. The molecule has 2 aliphatic rings. The molecule has 2 aromatic heterocycles. The van der Waals surface area contributed by atoms with Gasteiger partial charge in [0, 0.05) is 52.0 Å². The number of nitrogens with zero attached hydrogens (tertiary/aromatic N) is 4.